The summed E-state index contributed by atoms with van der Waals surface area (Å²) in [7, 11) is -6.87. The van der Waals surface area contributed by atoms with E-state index in [0.717, 1.165) is 0 Å². The van der Waals surface area contributed by atoms with Gasteiger partial charge in [0.2, 0.25) is 0 Å². The van der Waals surface area contributed by atoms with Crippen molar-refractivity contribution in [2.45, 2.75) is 26.1 Å². The minimum Gasteiger partial charge on any atom is -0.311 e. The number of hydrogen-bond donors (Lipinski definition) is 0. The van der Waals surface area contributed by atoms with E-state index in [1.165, 1.54) is 0 Å². The second kappa shape index (κ2) is 10.7. The third-order valence-corrected chi connectivity index (χ3v) is 11.8. The molecule has 0 heterocycles. The van der Waals surface area contributed by atoms with Gasteiger partial charge in [-0.3, -0.25) is 4.57 Å². The van der Waals surface area contributed by atoms with Gasteiger partial charge in [0.05, 0.1) is 0 Å². The Hall–Kier alpha value is -2.70. The third kappa shape index (κ3) is 5.03. The first kappa shape index (κ1) is 24.4. The molecule has 5 heteroatoms. The fourth-order valence-electron chi connectivity index (χ4n) is 4.13. The predicted octanol–water partition coefficient (Wildman–Crippen LogP) is 6.32. The van der Waals surface area contributed by atoms with Crippen LogP contribution in [0.5, 0.6) is 0 Å². The van der Waals surface area contributed by atoms with Crippen molar-refractivity contribution in [3.63, 3.8) is 0 Å². The molecule has 0 fully saturated rings. The first-order chi connectivity index (χ1) is 16.4. The molecule has 0 saturated carbocycles. The molecule has 0 saturated heterocycles. The van der Waals surface area contributed by atoms with E-state index >= 15 is 4.57 Å². The van der Waals surface area contributed by atoms with Crippen molar-refractivity contribution in [1.82, 2.24) is 0 Å². The fourth-order valence-corrected chi connectivity index (χ4v) is 10.1. The molecule has 0 aliphatic carbocycles. The van der Waals surface area contributed by atoms with Crippen LogP contribution in [0.25, 0.3) is 0 Å². The number of rotatable bonds is 9. The molecule has 174 valence electrons. The zero-order valence-corrected chi connectivity index (χ0v) is 21.3. The van der Waals surface area contributed by atoms with E-state index in [4.69, 9.17) is 4.52 Å². The zero-order chi connectivity index (χ0) is 24.0. The molecular weight excluding hydrogens is 458 g/mol. The molecule has 1 atom stereocenters. The van der Waals surface area contributed by atoms with Gasteiger partial charge in [-0.2, -0.15) is 0 Å². The quantitative estimate of drug-likeness (QED) is 0.259. The van der Waals surface area contributed by atoms with Gasteiger partial charge in [0.25, 0.3) is 7.37 Å². The minimum absolute atomic E-state index is 0.186. The van der Waals surface area contributed by atoms with Crippen molar-refractivity contribution < 1.29 is 13.7 Å². The van der Waals surface area contributed by atoms with Crippen LogP contribution in [0.3, 0.4) is 0 Å². The molecule has 1 unspecified atom stereocenters. The second-order valence-corrected chi connectivity index (χ2v) is 14.0. The van der Waals surface area contributed by atoms with Gasteiger partial charge in [-0.05, 0) is 36.6 Å². The van der Waals surface area contributed by atoms with Crippen molar-refractivity contribution in [2.75, 3.05) is 0 Å². The van der Waals surface area contributed by atoms with E-state index in [-0.39, 0.29) is 5.92 Å². The Morgan fingerprint density at radius 1 is 0.559 bits per heavy atom. The molecule has 4 rings (SSSR count). The summed E-state index contributed by atoms with van der Waals surface area (Å²) in [4.78, 5) is 0. The van der Waals surface area contributed by atoms with Crippen LogP contribution in [0, 0.1) is 5.92 Å². The highest BCUT2D eigenvalue weighted by molar-refractivity contribution is 7.80. The molecule has 0 amide bonds. The Bertz CT molecular complexity index is 1190. The average Bonchev–Trinajstić information content (AvgIpc) is 2.89. The maximum Gasteiger partial charge on any atom is 0.262 e. The second-order valence-electron chi connectivity index (χ2n) is 8.74. The van der Waals surface area contributed by atoms with Crippen molar-refractivity contribution in [2.24, 2.45) is 5.92 Å². The van der Waals surface area contributed by atoms with Gasteiger partial charge in [-0.1, -0.05) is 111 Å². The van der Waals surface area contributed by atoms with E-state index in [1.807, 2.05) is 121 Å². The highest BCUT2D eigenvalue weighted by Crippen LogP contribution is 2.58. The topological polar surface area (TPSA) is 43.4 Å². The molecule has 0 aliphatic heterocycles. The summed E-state index contributed by atoms with van der Waals surface area (Å²) >= 11 is 0. The van der Waals surface area contributed by atoms with Gasteiger partial charge in [0.15, 0.2) is 7.14 Å². The summed E-state index contributed by atoms with van der Waals surface area (Å²) in [5.41, 5.74) is 0. The molecule has 4 aromatic rings. The van der Waals surface area contributed by atoms with Crippen molar-refractivity contribution in [3.05, 3.63) is 121 Å². The van der Waals surface area contributed by atoms with Crippen LogP contribution < -0.4 is 21.2 Å². The minimum atomic E-state index is -3.55. The maximum atomic E-state index is 15.1. The standard InChI is InChI=1S/C29H30O3P2/c1-24(2)23-29(33(30,25-15-7-3-8-16-25)26-17-9-4-10-18-26)32-34(31,27-19-11-5-12-20-27)28-21-13-6-14-22-28/h3-22,24,29H,23H2,1-2H3. The summed E-state index contributed by atoms with van der Waals surface area (Å²) in [6.45, 7) is 4.15. The van der Waals surface area contributed by atoms with Gasteiger partial charge in [-0.25, -0.2) is 0 Å². The molecule has 3 nitrogen and oxygen atoms in total. The third-order valence-electron chi connectivity index (χ3n) is 5.82. The Balaban J connectivity index is 1.92. The van der Waals surface area contributed by atoms with Crippen LogP contribution in [0.2, 0.25) is 0 Å². The van der Waals surface area contributed by atoms with E-state index in [9.17, 15) is 4.57 Å². The zero-order valence-electron chi connectivity index (χ0n) is 19.5. The normalized spacial score (nSPS) is 13.0. The van der Waals surface area contributed by atoms with Gasteiger partial charge >= 0.3 is 0 Å². The molecule has 0 radical (unpaired) electrons. The molecule has 0 bridgehead atoms. The van der Waals surface area contributed by atoms with Gasteiger partial charge in [-0.15, -0.1) is 0 Å². The van der Waals surface area contributed by atoms with Crippen LogP contribution in [-0.4, -0.2) is 5.85 Å². The monoisotopic (exact) mass is 488 g/mol. The summed E-state index contributed by atoms with van der Waals surface area (Å²) in [5, 5.41) is 2.62. The Kier molecular flexibility index (Phi) is 7.69. The van der Waals surface area contributed by atoms with E-state index in [0.29, 0.717) is 27.6 Å². The Labute approximate surface area is 202 Å². The lowest BCUT2D eigenvalue weighted by Crippen LogP contribution is -2.31. The lowest BCUT2D eigenvalue weighted by molar-refractivity contribution is 0.255. The Morgan fingerprint density at radius 3 is 1.21 bits per heavy atom. The van der Waals surface area contributed by atoms with Crippen molar-refractivity contribution in [3.8, 4) is 0 Å². The van der Waals surface area contributed by atoms with Crippen LogP contribution in [0.1, 0.15) is 20.3 Å². The number of hydrogen-bond acceptors (Lipinski definition) is 3. The smallest absolute Gasteiger partial charge is 0.262 e. The molecule has 0 spiro atoms. The SMILES string of the molecule is CC(C)CC(OP(=O)(c1ccccc1)c1ccccc1)P(=O)(c1ccccc1)c1ccccc1. The van der Waals surface area contributed by atoms with E-state index in [2.05, 4.69) is 13.8 Å². The van der Waals surface area contributed by atoms with Gasteiger partial charge < -0.3 is 9.09 Å². The lowest BCUT2D eigenvalue weighted by atomic mass is 10.1. The van der Waals surface area contributed by atoms with Gasteiger partial charge in [0.1, 0.15) is 5.85 Å². The maximum absolute atomic E-state index is 15.1. The molecule has 0 N–H and O–H groups in total. The largest absolute Gasteiger partial charge is 0.311 e. The van der Waals surface area contributed by atoms with Gasteiger partial charge in [0, 0.05) is 21.2 Å². The summed E-state index contributed by atoms with van der Waals surface area (Å²) in [6.07, 6.45) is 0.505. The molecule has 34 heavy (non-hydrogen) atoms. The predicted molar refractivity (Wildman–Crippen MR) is 144 cm³/mol. The van der Waals surface area contributed by atoms with Crippen LogP contribution in [-0.2, 0) is 13.7 Å². The average molecular weight is 489 g/mol. The molecule has 4 aromatic carbocycles. The summed E-state index contributed by atoms with van der Waals surface area (Å²) < 4.78 is 36.6. The molecule has 0 aromatic heterocycles. The Morgan fingerprint density at radius 2 is 0.882 bits per heavy atom. The first-order valence-electron chi connectivity index (χ1n) is 11.5. The van der Waals surface area contributed by atoms with Crippen molar-refractivity contribution in [1.29, 1.82) is 0 Å². The number of benzene rings is 4. The molecular formula is C29H30O3P2. The first-order valence-corrected chi connectivity index (χ1v) is 15.0. The summed E-state index contributed by atoms with van der Waals surface area (Å²) in [5.74, 6) is -0.575. The van der Waals surface area contributed by atoms with E-state index in [1.54, 1.807) is 0 Å². The van der Waals surface area contributed by atoms with Crippen LogP contribution in [0.4, 0.5) is 0 Å². The van der Waals surface area contributed by atoms with Crippen LogP contribution >= 0.6 is 14.5 Å². The highest BCUT2D eigenvalue weighted by atomic mass is 31.2. The highest BCUT2D eigenvalue weighted by Gasteiger charge is 2.43. The van der Waals surface area contributed by atoms with Crippen molar-refractivity contribution >= 4 is 35.7 Å². The van der Waals surface area contributed by atoms with E-state index < -0.39 is 20.4 Å². The fraction of sp³-hybridized carbons (Fsp3) is 0.172. The molecule has 0 aliphatic rings. The lowest BCUT2D eigenvalue weighted by Gasteiger charge is -2.33. The van der Waals surface area contributed by atoms with Crippen LogP contribution in [0.15, 0.2) is 121 Å². The summed E-state index contributed by atoms with van der Waals surface area (Å²) in [6, 6.07) is 37.5.